The molecule has 110 valence electrons. The van der Waals surface area contributed by atoms with Crippen molar-refractivity contribution in [2.45, 2.75) is 18.1 Å². The fraction of sp³-hybridized carbons (Fsp3) is 0.400. The standard InChI is InChI=1S/C10H9BrF5NO.ClH/c1-18-5-2-3-7(11)6(4-5)8(17)9(12,13)10(14,15)16;/h2-4,8H,17H2,1H3;1H/t8-;/m1./s1. The zero-order chi connectivity index (χ0) is 14.1. The van der Waals surface area contributed by atoms with Gasteiger partial charge in [0.15, 0.2) is 0 Å². The van der Waals surface area contributed by atoms with Crippen molar-refractivity contribution in [3.8, 4) is 5.75 Å². The Morgan fingerprint density at radius 2 is 1.74 bits per heavy atom. The number of methoxy groups -OCH3 is 1. The number of alkyl halides is 5. The molecular weight excluding hydrogens is 360 g/mol. The van der Waals surface area contributed by atoms with E-state index in [1.54, 1.807) is 0 Å². The lowest BCUT2D eigenvalue weighted by Crippen LogP contribution is -2.46. The number of ether oxygens (including phenoxy) is 1. The van der Waals surface area contributed by atoms with Gasteiger partial charge in [-0.25, -0.2) is 0 Å². The van der Waals surface area contributed by atoms with Gasteiger partial charge in [0, 0.05) is 4.47 Å². The van der Waals surface area contributed by atoms with Crippen LogP contribution in [0.15, 0.2) is 22.7 Å². The topological polar surface area (TPSA) is 35.2 Å². The number of hydrogen-bond acceptors (Lipinski definition) is 2. The summed E-state index contributed by atoms with van der Waals surface area (Å²) in [4.78, 5) is 0. The van der Waals surface area contributed by atoms with Crippen LogP contribution in [0.1, 0.15) is 11.6 Å². The third-order valence-electron chi connectivity index (χ3n) is 2.31. The first-order valence-electron chi connectivity index (χ1n) is 4.64. The Bertz CT molecular complexity index is 440. The van der Waals surface area contributed by atoms with Crippen LogP contribution in [0.2, 0.25) is 0 Å². The molecule has 0 unspecified atom stereocenters. The Morgan fingerprint density at radius 3 is 2.16 bits per heavy atom. The lowest BCUT2D eigenvalue weighted by atomic mass is 10.0. The molecule has 1 atom stereocenters. The average Bonchev–Trinajstić information content (AvgIpc) is 2.27. The Hall–Kier alpha value is -0.600. The van der Waals surface area contributed by atoms with Crippen molar-refractivity contribution < 1.29 is 26.7 Å². The summed E-state index contributed by atoms with van der Waals surface area (Å²) in [6.45, 7) is 0. The van der Waals surface area contributed by atoms with Crippen LogP contribution in [-0.4, -0.2) is 19.2 Å². The maximum Gasteiger partial charge on any atom is 0.455 e. The second-order valence-electron chi connectivity index (χ2n) is 3.49. The van der Waals surface area contributed by atoms with E-state index in [9.17, 15) is 22.0 Å². The van der Waals surface area contributed by atoms with Gasteiger partial charge >= 0.3 is 12.1 Å². The molecule has 0 saturated carbocycles. The predicted octanol–water partition coefficient (Wildman–Crippen LogP) is 4.08. The van der Waals surface area contributed by atoms with E-state index in [2.05, 4.69) is 15.9 Å². The summed E-state index contributed by atoms with van der Waals surface area (Å²) >= 11 is 2.88. The molecule has 19 heavy (non-hydrogen) atoms. The molecule has 0 aliphatic carbocycles. The van der Waals surface area contributed by atoms with Crippen LogP contribution in [0.4, 0.5) is 22.0 Å². The summed E-state index contributed by atoms with van der Waals surface area (Å²) in [6.07, 6.45) is -5.71. The van der Waals surface area contributed by atoms with E-state index in [0.717, 1.165) is 6.07 Å². The third-order valence-corrected chi connectivity index (χ3v) is 3.03. The van der Waals surface area contributed by atoms with E-state index in [1.807, 2.05) is 0 Å². The molecule has 0 fully saturated rings. The molecular formula is C10H10BrClF5NO. The summed E-state index contributed by atoms with van der Waals surface area (Å²) in [6, 6.07) is 1.22. The van der Waals surface area contributed by atoms with Gasteiger partial charge in [-0.2, -0.15) is 22.0 Å². The van der Waals surface area contributed by atoms with Crippen LogP contribution in [0, 0.1) is 0 Å². The van der Waals surface area contributed by atoms with Crippen LogP contribution in [0.3, 0.4) is 0 Å². The smallest absolute Gasteiger partial charge is 0.455 e. The van der Waals surface area contributed by atoms with Gasteiger partial charge in [-0.3, -0.25) is 0 Å². The van der Waals surface area contributed by atoms with Crippen molar-refractivity contribution >= 4 is 28.3 Å². The summed E-state index contributed by atoms with van der Waals surface area (Å²) in [5.41, 5.74) is 4.65. The van der Waals surface area contributed by atoms with Crippen LogP contribution in [0.5, 0.6) is 5.75 Å². The monoisotopic (exact) mass is 369 g/mol. The highest BCUT2D eigenvalue weighted by atomic mass is 79.9. The van der Waals surface area contributed by atoms with Crippen molar-refractivity contribution in [3.05, 3.63) is 28.2 Å². The molecule has 0 bridgehead atoms. The molecule has 0 radical (unpaired) electrons. The van der Waals surface area contributed by atoms with E-state index >= 15 is 0 Å². The molecule has 0 amide bonds. The van der Waals surface area contributed by atoms with Gasteiger partial charge in [-0.05, 0) is 23.8 Å². The fourth-order valence-electron chi connectivity index (χ4n) is 1.26. The summed E-state index contributed by atoms with van der Waals surface area (Å²) in [5, 5.41) is 0. The zero-order valence-electron chi connectivity index (χ0n) is 9.47. The van der Waals surface area contributed by atoms with Gasteiger partial charge < -0.3 is 10.5 Å². The maximum absolute atomic E-state index is 13.1. The van der Waals surface area contributed by atoms with Crippen LogP contribution in [-0.2, 0) is 0 Å². The highest BCUT2D eigenvalue weighted by molar-refractivity contribution is 9.10. The van der Waals surface area contributed by atoms with Crippen molar-refractivity contribution in [1.82, 2.24) is 0 Å². The van der Waals surface area contributed by atoms with E-state index < -0.39 is 18.1 Å². The minimum Gasteiger partial charge on any atom is -0.497 e. The number of hydrogen-bond donors (Lipinski definition) is 1. The maximum atomic E-state index is 13.1. The predicted molar refractivity (Wildman–Crippen MR) is 65.9 cm³/mol. The molecule has 1 rings (SSSR count). The van der Waals surface area contributed by atoms with Crippen molar-refractivity contribution in [2.24, 2.45) is 5.73 Å². The number of benzene rings is 1. The molecule has 1 aromatic rings. The minimum absolute atomic E-state index is 0. The molecule has 0 aliphatic rings. The molecule has 1 aromatic carbocycles. The molecule has 2 N–H and O–H groups in total. The first-order chi connectivity index (χ1) is 8.11. The Balaban J connectivity index is 0.00000324. The van der Waals surface area contributed by atoms with Crippen molar-refractivity contribution in [2.75, 3.05) is 7.11 Å². The van der Waals surface area contributed by atoms with Crippen LogP contribution < -0.4 is 10.5 Å². The minimum atomic E-state index is -5.71. The first-order valence-corrected chi connectivity index (χ1v) is 5.44. The fourth-order valence-corrected chi connectivity index (χ4v) is 1.75. The number of halogens is 7. The van der Waals surface area contributed by atoms with Gasteiger partial charge in [0.2, 0.25) is 0 Å². The SMILES string of the molecule is COc1ccc(Br)c([C@@H](N)C(F)(F)C(F)(F)F)c1.Cl. The Morgan fingerprint density at radius 1 is 1.21 bits per heavy atom. The summed E-state index contributed by atoms with van der Waals surface area (Å²) in [5.74, 6) is -4.89. The van der Waals surface area contributed by atoms with Gasteiger partial charge in [-0.1, -0.05) is 15.9 Å². The summed E-state index contributed by atoms with van der Waals surface area (Å²) in [7, 11) is 1.26. The lowest BCUT2D eigenvalue weighted by molar-refractivity contribution is -0.291. The van der Waals surface area contributed by atoms with E-state index in [0.29, 0.717) is 0 Å². The molecule has 0 spiro atoms. The Labute approximate surface area is 120 Å². The second-order valence-corrected chi connectivity index (χ2v) is 4.34. The zero-order valence-corrected chi connectivity index (χ0v) is 11.9. The average molecular weight is 371 g/mol. The second kappa shape index (κ2) is 6.23. The molecule has 2 nitrogen and oxygen atoms in total. The van der Waals surface area contributed by atoms with Gasteiger partial charge in [-0.15, -0.1) is 12.4 Å². The van der Waals surface area contributed by atoms with Gasteiger partial charge in [0.05, 0.1) is 7.11 Å². The van der Waals surface area contributed by atoms with Gasteiger partial charge in [0.25, 0.3) is 0 Å². The molecule has 0 saturated heterocycles. The largest absolute Gasteiger partial charge is 0.497 e. The number of nitrogens with two attached hydrogens (primary N) is 1. The van der Waals surface area contributed by atoms with Crippen molar-refractivity contribution in [1.29, 1.82) is 0 Å². The number of rotatable bonds is 3. The molecule has 9 heteroatoms. The van der Waals surface area contributed by atoms with Crippen LogP contribution >= 0.6 is 28.3 Å². The van der Waals surface area contributed by atoms with Crippen molar-refractivity contribution in [3.63, 3.8) is 0 Å². The van der Waals surface area contributed by atoms with E-state index in [4.69, 9.17) is 10.5 Å². The van der Waals surface area contributed by atoms with E-state index in [-0.39, 0.29) is 28.2 Å². The molecule has 0 heterocycles. The molecule has 0 aromatic heterocycles. The highest BCUT2D eigenvalue weighted by Crippen LogP contribution is 2.45. The third kappa shape index (κ3) is 3.70. The summed E-state index contributed by atoms with van der Waals surface area (Å²) < 4.78 is 67.7. The highest BCUT2D eigenvalue weighted by Gasteiger charge is 2.62. The normalized spacial score (nSPS) is 13.7. The lowest BCUT2D eigenvalue weighted by Gasteiger charge is -2.26. The van der Waals surface area contributed by atoms with E-state index in [1.165, 1.54) is 19.2 Å². The first kappa shape index (κ1) is 18.4. The van der Waals surface area contributed by atoms with Crippen LogP contribution in [0.25, 0.3) is 0 Å². The Kier molecular flexibility index (Phi) is 6.04. The van der Waals surface area contributed by atoms with Gasteiger partial charge in [0.1, 0.15) is 11.8 Å². The molecule has 0 aliphatic heterocycles. The quantitative estimate of drug-likeness (QED) is 0.814.